The molecule has 3 rings (SSSR count). The molecule has 2 heterocycles. The number of carbonyl (C=O) groups excluding carboxylic acids is 1. The van der Waals surface area contributed by atoms with E-state index in [4.69, 9.17) is 15.2 Å². The summed E-state index contributed by atoms with van der Waals surface area (Å²) in [5.41, 5.74) is 5.49. The monoisotopic (exact) mass is 407 g/mol. The Morgan fingerprint density at radius 2 is 2.07 bits per heavy atom. The summed E-state index contributed by atoms with van der Waals surface area (Å²) in [6.07, 6.45) is 2.01. The molecule has 2 aromatic rings. The smallest absolute Gasteiger partial charge is 0.433 e. The number of carbonyl (C=O) groups is 1. The van der Waals surface area contributed by atoms with Crippen LogP contribution in [0.15, 0.2) is 35.4 Å². The van der Waals surface area contributed by atoms with Crippen LogP contribution in [0, 0.1) is 10.1 Å². The lowest BCUT2D eigenvalue weighted by Gasteiger charge is -2.13. The van der Waals surface area contributed by atoms with E-state index >= 15 is 0 Å². The average Bonchev–Trinajstić information content (AvgIpc) is 3.13. The number of thioether (sulfide) groups is 1. The van der Waals surface area contributed by atoms with Gasteiger partial charge in [0, 0.05) is 17.4 Å². The molecule has 2 atom stereocenters. The van der Waals surface area contributed by atoms with Crippen LogP contribution in [-0.2, 0) is 16.1 Å². The Kier molecular flexibility index (Phi) is 6.09. The maximum atomic E-state index is 11.9. The van der Waals surface area contributed by atoms with Gasteiger partial charge >= 0.3 is 11.8 Å². The number of nitro benzene ring substituents is 1. The number of non-ortho nitro benzene ring substituents is 1. The lowest BCUT2D eigenvalue weighted by Crippen LogP contribution is -2.26. The third-order valence-corrected chi connectivity index (χ3v) is 5.57. The van der Waals surface area contributed by atoms with E-state index in [2.05, 4.69) is 9.97 Å². The zero-order valence-corrected chi connectivity index (χ0v) is 15.4. The van der Waals surface area contributed by atoms with Crippen LogP contribution in [0.5, 0.6) is 0 Å². The quantitative estimate of drug-likeness (QED) is 0.426. The van der Waals surface area contributed by atoms with Crippen LogP contribution in [-0.4, -0.2) is 37.5 Å². The first-order chi connectivity index (χ1) is 13.4. The molecule has 12 heteroatoms. The highest BCUT2D eigenvalue weighted by atomic mass is 32.2. The summed E-state index contributed by atoms with van der Waals surface area (Å²) in [6, 6.07) is 5.69. The molecule has 2 N–H and O–H groups in total. The molecule has 1 unspecified atom stereocenters. The summed E-state index contributed by atoms with van der Waals surface area (Å²) in [5.74, 6) is -0.0695. The summed E-state index contributed by atoms with van der Waals surface area (Å²) in [6.45, 7) is 0.0975. The Bertz CT molecular complexity index is 918. The van der Waals surface area contributed by atoms with Gasteiger partial charge < -0.3 is 15.2 Å². The molecule has 1 aromatic carbocycles. The fraction of sp³-hybridized carbons (Fsp3) is 0.375. The van der Waals surface area contributed by atoms with Crippen molar-refractivity contribution in [3.63, 3.8) is 0 Å². The van der Waals surface area contributed by atoms with Crippen molar-refractivity contribution in [2.45, 2.75) is 30.1 Å². The molecule has 0 aliphatic carbocycles. The molecule has 0 spiro atoms. The highest BCUT2D eigenvalue weighted by molar-refractivity contribution is 8.00. The second-order valence-electron chi connectivity index (χ2n) is 5.97. The van der Waals surface area contributed by atoms with Gasteiger partial charge in [-0.1, -0.05) is 0 Å². The van der Waals surface area contributed by atoms with Crippen molar-refractivity contribution in [2.24, 2.45) is 0 Å². The highest BCUT2D eigenvalue weighted by Crippen LogP contribution is 2.40. The second kappa shape index (κ2) is 8.69. The van der Waals surface area contributed by atoms with Crippen LogP contribution in [0.1, 0.15) is 23.8 Å². The van der Waals surface area contributed by atoms with Crippen molar-refractivity contribution in [2.75, 3.05) is 12.3 Å². The van der Waals surface area contributed by atoms with Gasteiger partial charge in [-0.25, -0.2) is 14.6 Å². The average molecular weight is 407 g/mol. The highest BCUT2D eigenvalue weighted by Gasteiger charge is 2.28. The predicted molar refractivity (Wildman–Crippen MR) is 99.6 cm³/mol. The van der Waals surface area contributed by atoms with Crippen molar-refractivity contribution >= 4 is 29.6 Å². The van der Waals surface area contributed by atoms with Crippen LogP contribution in [0.2, 0.25) is 0 Å². The van der Waals surface area contributed by atoms with Gasteiger partial charge in [0.05, 0.1) is 10.3 Å². The van der Waals surface area contributed by atoms with Crippen LogP contribution in [0.3, 0.4) is 0 Å². The van der Waals surface area contributed by atoms with E-state index < -0.39 is 16.8 Å². The van der Waals surface area contributed by atoms with Crippen molar-refractivity contribution in [1.82, 2.24) is 14.5 Å². The van der Waals surface area contributed by atoms with E-state index in [9.17, 15) is 19.7 Å². The van der Waals surface area contributed by atoms with Gasteiger partial charge in [0.2, 0.25) is 5.95 Å². The van der Waals surface area contributed by atoms with Crippen molar-refractivity contribution in [1.29, 1.82) is 0 Å². The third kappa shape index (κ3) is 4.97. The number of nitro groups is 1. The SMILES string of the molecule is Nc1ncn(C2CC[C@@H](COC(=O)OCc3ccc([N+](=O)[O-])cc3)S2)c(=O)n1. The largest absolute Gasteiger partial charge is 0.508 e. The second-order valence-corrected chi connectivity index (χ2v) is 7.45. The number of hydrogen-bond acceptors (Lipinski definition) is 10. The molecule has 0 saturated carbocycles. The minimum Gasteiger partial charge on any atom is -0.433 e. The van der Waals surface area contributed by atoms with Gasteiger partial charge in [-0.2, -0.15) is 4.98 Å². The van der Waals surface area contributed by atoms with Gasteiger partial charge in [0.15, 0.2) is 0 Å². The normalized spacial score (nSPS) is 18.6. The zero-order valence-electron chi connectivity index (χ0n) is 14.6. The predicted octanol–water partition coefficient (Wildman–Crippen LogP) is 1.88. The van der Waals surface area contributed by atoms with Crippen molar-refractivity contribution in [3.8, 4) is 0 Å². The number of nitrogens with two attached hydrogens (primary N) is 1. The standard InChI is InChI=1S/C16H17N5O6S/c17-14-18-9-20(15(22)19-14)13-6-5-12(28-13)8-27-16(23)26-7-10-1-3-11(4-2-10)21(24)25/h1-4,9,12-13H,5-8H2,(H2,17,19,22)/t12-,13?/m0/s1. The van der Waals surface area contributed by atoms with Crippen molar-refractivity contribution in [3.05, 3.63) is 56.8 Å². The summed E-state index contributed by atoms with van der Waals surface area (Å²) in [7, 11) is 0. The molecule has 1 saturated heterocycles. The summed E-state index contributed by atoms with van der Waals surface area (Å²) < 4.78 is 11.5. The van der Waals surface area contributed by atoms with Gasteiger partial charge in [-0.05, 0) is 30.5 Å². The number of aromatic nitrogens is 3. The molecule has 0 amide bonds. The Morgan fingerprint density at radius 1 is 1.32 bits per heavy atom. The Morgan fingerprint density at radius 3 is 2.75 bits per heavy atom. The third-order valence-electron chi connectivity index (χ3n) is 4.03. The fourth-order valence-electron chi connectivity index (χ4n) is 2.63. The maximum Gasteiger partial charge on any atom is 0.508 e. The number of nitrogens with zero attached hydrogens (tertiary/aromatic N) is 4. The number of nitrogen functional groups attached to an aromatic ring is 1. The first-order valence-electron chi connectivity index (χ1n) is 8.31. The Labute approximate surface area is 163 Å². The molecular weight excluding hydrogens is 390 g/mol. The van der Waals surface area contributed by atoms with Crippen LogP contribution >= 0.6 is 11.8 Å². The number of anilines is 1. The van der Waals surface area contributed by atoms with Crippen LogP contribution in [0.4, 0.5) is 16.4 Å². The van der Waals surface area contributed by atoms with E-state index in [1.807, 2.05) is 0 Å². The summed E-state index contributed by atoms with van der Waals surface area (Å²) in [4.78, 5) is 41.1. The molecule has 0 bridgehead atoms. The molecule has 1 aliphatic heterocycles. The fourth-order valence-corrected chi connectivity index (χ4v) is 4.04. The van der Waals surface area contributed by atoms with Gasteiger partial charge in [0.1, 0.15) is 19.5 Å². The lowest BCUT2D eigenvalue weighted by molar-refractivity contribution is -0.384. The minimum absolute atomic E-state index is 0.0152. The lowest BCUT2D eigenvalue weighted by atomic mass is 10.2. The molecule has 28 heavy (non-hydrogen) atoms. The van der Waals surface area contributed by atoms with E-state index in [1.165, 1.54) is 46.9 Å². The Balaban J connectivity index is 1.42. The first kappa shape index (κ1) is 19.6. The molecular formula is C16H17N5O6S. The molecule has 1 aliphatic rings. The molecule has 1 aromatic heterocycles. The van der Waals surface area contributed by atoms with E-state index in [1.54, 1.807) is 0 Å². The number of rotatable bonds is 6. The van der Waals surface area contributed by atoms with Gasteiger partial charge in [-0.15, -0.1) is 11.8 Å². The first-order valence-corrected chi connectivity index (χ1v) is 9.25. The van der Waals surface area contributed by atoms with E-state index in [0.29, 0.717) is 12.0 Å². The molecule has 0 radical (unpaired) electrons. The van der Waals surface area contributed by atoms with Crippen LogP contribution < -0.4 is 11.4 Å². The van der Waals surface area contributed by atoms with Gasteiger partial charge in [0.25, 0.3) is 5.69 Å². The Hall–Kier alpha value is -3.15. The topological polar surface area (TPSA) is 152 Å². The van der Waals surface area contributed by atoms with E-state index in [0.717, 1.165) is 6.42 Å². The zero-order chi connectivity index (χ0) is 20.1. The number of ether oxygens (including phenoxy) is 2. The number of hydrogen-bond donors (Lipinski definition) is 1. The van der Waals surface area contributed by atoms with Crippen molar-refractivity contribution < 1.29 is 19.2 Å². The van der Waals surface area contributed by atoms with Crippen LogP contribution in [0.25, 0.3) is 0 Å². The summed E-state index contributed by atoms with van der Waals surface area (Å²) >= 11 is 1.49. The summed E-state index contributed by atoms with van der Waals surface area (Å²) in [5, 5.41) is 10.5. The molecule has 1 fully saturated rings. The molecule has 11 nitrogen and oxygen atoms in total. The minimum atomic E-state index is -0.824. The number of benzene rings is 1. The van der Waals surface area contributed by atoms with Gasteiger partial charge in [-0.3, -0.25) is 14.7 Å². The van der Waals surface area contributed by atoms with E-state index in [-0.39, 0.29) is 35.5 Å². The maximum absolute atomic E-state index is 11.9. The molecule has 148 valence electrons.